The van der Waals surface area contributed by atoms with E-state index < -0.39 is 0 Å². The number of hydrogen-bond donors (Lipinski definition) is 1. The molecule has 1 unspecified atom stereocenters. The van der Waals surface area contributed by atoms with E-state index in [-0.39, 0.29) is 5.82 Å². The lowest BCUT2D eigenvalue weighted by atomic mass is 10.2. The summed E-state index contributed by atoms with van der Waals surface area (Å²) in [6.45, 7) is 2.56. The third kappa shape index (κ3) is 2.48. The predicted molar refractivity (Wildman–Crippen MR) is 79.5 cm³/mol. The number of hydrogen-bond acceptors (Lipinski definition) is 4. The van der Waals surface area contributed by atoms with Gasteiger partial charge in [-0.2, -0.15) is 5.10 Å². The lowest BCUT2D eigenvalue weighted by molar-refractivity contribution is 0.215. The molecule has 114 valence electrons. The van der Waals surface area contributed by atoms with Gasteiger partial charge in [0.05, 0.1) is 18.6 Å². The quantitative estimate of drug-likeness (QED) is 0.800. The lowest BCUT2D eigenvalue weighted by Crippen LogP contribution is -2.33. The molecule has 3 aromatic rings. The first-order valence-electron chi connectivity index (χ1n) is 7.49. The number of fused-ring (bicyclic) bond motifs is 1. The van der Waals surface area contributed by atoms with Gasteiger partial charge in [-0.25, -0.2) is 14.4 Å². The van der Waals surface area contributed by atoms with E-state index in [0.717, 1.165) is 37.3 Å². The van der Waals surface area contributed by atoms with E-state index in [9.17, 15) is 4.39 Å². The van der Waals surface area contributed by atoms with Gasteiger partial charge in [-0.15, -0.1) is 0 Å². The molecule has 1 N–H and O–H groups in total. The van der Waals surface area contributed by atoms with E-state index in [0.29, 0.717) is 18.1 Å². The average Bonchev–Trinajstić information content (AvgIpc) is 3.22. The fourth-order valence-electron chi connectivity index (χ4n) is 3.17. The van der Waals surface area contributed by atoms with Gasteiger partial charge in [0.25, 0.3) is 0 Å². The molecule has 1 atom stereocenters. The summed E-state index contributed by atoms with van der Waals surface area (Å²) in [5.74, 6) is 0.533. The smallest absolute Gasteiger partial charge is 0.151 e. The van der Waals surface area contributed by atoms with Crippen LogP contribution in [0.5, 0.6) is 0 Å². The largest absolute Gasteiger partial charge is 0.341 e. The Kier molecular flexibility index (Phi) is 3.34. The summed E-state index contributed by atoms with van der Waals surface area (Å²) in [6, 6.07) is 5.41. The zero-order valence-corrected chi connectivity index (χ0v) is 12.1. The van der Waals surface area contributed by atoms with Crippen LogP contribution in [0.2, 0.25) is 0 Å². The second-order valence-corrected chi connectivity index (χ2v) is 5.70. The number of aromatic amines is 1. The van der Waals surface area contributed by atoms with Gasteiger partial charge in [0.2, 0.25) is 0 Å². The molecule has 4 rings (SSSR count). The average molecular weight is 300 g/mol. The van der Waals surface area contributed by atoms with Crippen LogP contribution in [0.25, 0.3) is 11.0 Å². The number of nitrogens with zero attached hydrogens (tertiary/aromatic N) is 5. The number of H-pyrrole nitrogens is 1. The van der Waals surface area contributed by atoms with Crippen molar-refractivity contribution >= 4 is 11.0 Å². The first-order chi connectivity index (χ1) is 10.8. The maximum absolute atomic E-state index is 13.7. The van der Waals surface area contributed by atoms with Crippen molar-refractivity contribution in [2.45, 2.75) is 32.0 Å². The van der Waals surface area contributed by atoms with Gasteiger partial charge in [0.15, 0.2) is 5.82 Å². The van der Waals surface area contributed by atoms with Crippen LogP contribution in [-0.4, -0.2) is 42.2 Å². The van der Waals surface area contributed by atoms with Crippen LogP contribution in [0, 0.1) is 5.82 Å². The van der Waals surface area contributed by atoms with Gasteiger partial charge < -0.3 is 4.98 Å². The molecule has 7 heteroatoms. The monoisotopic (exact) mass is 300 g/mol. The third-order valence-electron chi connectivity index (χ3n) is 4.23. The summed E-state index contributed by atoms with van der Waals surface area (Å²) in [5, 5.41) is 4.17. The van der Waals surface area contributed by atoms with Crippen LogP contribution < -0.4 is 0 Å². The van der Waals surface area contributed by atoms with Crippen molar-refractivity contribution in [2.75, 3.05) is 6.54 Å². The fourth-order valence-corrected chi connectivity index (χ4v) is 3.17. The third-order valence-corrected chi connectivity index (χ3v) is 4.23. The van der Waals surface area contributed by atoms with Gasteiger partial charge in [-0.05, 0) is 31.5 Å². The highest BCUT2D eigenvalue weighted by Crippen LogP contribution is 2.22. The van der Waals surface area contributed by atoms with E-state index in [2.05, 4.69) is 25.0 Å². The Morgan fingerprint density at radius 3 is 3.14 bits per heavy atom. The lowest BCUT2D eigenvalue weighted by Gasteiger charge is -2.23. The van der Waals surface area contributed by atoms with E-state index in [1.807, 2.05) is 10.7 Å². The van der Waals surface area contributed by atoms with Crippen LogP contribution in [0.15, 0.2) is 30.9 Å². The topological polar surface area (TPSA) is 62.6 Å². The first-order valence-corrected chi connectivity index (χ1v) is 7.49. The molecule has 1 aromatic carbocycles. The molecule has 1 saturated heterocycles. The summed E-state index contributed by atoms with van der Waals surface area (Å²) in [6.07, 6.45) is 5.59. The molecule has 6 nitrogen and oxygen atoms in total. The fraction of sp³-hybridized carbons (Fsp3) is 0.400. The van der Waals surface area contributed by atoms with Crippen molar-refractivity contribution in [1.82, 2.24) is 29.6 Å². The van der Waals surface area contributed by atoms with Crippen molar-refractivity contribution in [2.24, 2.45) is 0 Å². The molecule has 0 bridgehead atoms. The standard InChI is InChI=1S/C15H17FN6/c16-12-4-1-5-13-15(12)20-14(19-13)8-21-6-2-3-11(21)7-22-10-17-9-18-22/h1,4-5,9-11H,2-3,6-8H2,(H,19,20). The Balaban J connectivity index is 1.52. The van der Waals surface area contributed by atoms with Crippen LogP contribution in [-0.2, 0) is 13.1 Å². The molecular weight excluding hydrogens is 283 g/mol. The van der Waals surface area contributed by atoms with Crippen LogP contribution in [0.1, 0.15) is 18.7 Å². The van der Waals surface area contributed by atoms with Crippen molar-refractivity contribution in [1.29, 1.82) is 0 Å². The van der Waals surface area contributed by atoms with Crippen molar-refractivity contribution in [3.05, 3.63) is 42.5 Å². The molecule has 0 aliphatic carbocycles. The minimum atomic E-state index is -0.277. The molecule has 0 spiro atoms. The Hall–Kier alpha value is -2.28. The van der Waals surface area contributed by atoms with E-state index in [4.69, 9.17) is 0 Å². The van der Waals surface area contributed by atoms with Crippen LogP contribution >= 0.6 is 0 Å². The molecule has 0 saturated carbocycles. The highest BCUT2D eigenvalue weighted by atomic mass is 19.1. The number of likely N-dealkylation sites (tertiary alicyclic amines) is 1. The van der Waals surface area contributed by atoms with E-state index >= 15 is 0 Å². The van der Waals surface area contributed by atoms with E-state index in [1.54, 1.807) is 18.7 Å². The summed E-state index contributed by atoms with van der Waals surface area (Å²) in [5.41, 5.74) is 1.17. The zero-order chi connectivity index (χ0) is 14.9. The normalized spacial score (nSPS) is 19.2. The highest BCUT2D eigenvalue weighted by Gasteiger charge is 2.26. The number of para-hydroxylation sites is 1. The van der Waals surface area contributed by atoms with Gasteiger partial charge >= 0.3 is 0 Å². The van der Waals surface area contributed by atoms with Gasteiger partial charge in [-0.1, -0.05) is 6.07 Å². The number of aromatic nitrogens is 5. The number of imidazole rings is 1. The van der Waals surface area contributed by atoms with Gasteiger partial charge in [0, 0.05) is 6.04 Å². The predicted octanol–water partition coefficient (Wildman–Crippen LogP) is 1.96. The van der Waals surface area contributed by atoms with Gasteiger partial charge in [0.1, 0.15) is 24.0 Å². The molecule has 1 aliphatic rings. The number of nitrogens with one attached hydrogen (secondary N) is 1. The number of halogens is 1. The van der Waals surface area contributed by atoms with E-state index in [1.165, 1.54) is 6.07 Å². The second-order valence-electron chi connectivity index (χ2n) is 5.70. The molecule has 22 heavy (non-hydrogen) atoms. The maximum Gasteiger partial charge on any atom is 0.151 e. The Morgan fingerprint density at radius 1 is 1.36 bits per heavy atom. The van der Waals surface area contributed by atoms with Crippen molar-refractivity contribution in [3.63, 3.8) is 0 Å². The Labute approximate surface area is 127 Å². The van der Waals surface area contributed by atoms with Crippen molar-refractivity contribution < 1.29 is 4.39 Å². The summed E-state index contributed by atoms with van der Waals surface area (Å²) >= 11 is 0. The van der Waals surface area contributed by atoms with Crippen LogP contribution in [0.4, 0.5) is 4.39 Å². The minimum Gasteiger partial charge on any atom is -0.341 e. The molecule has 1 fully saturated rings. The minimum absolute atomic E-state index is 0.277. The van der Waals surface area contributed by atoms with Gasteiger partial charge in [-0.3, -0.25) is 9.58 Å². The Morgan fingerprint density at radius 2 is 2.32 bits per heavy atom. The molecule has 0 radical (unpaired) electrons. The maximum atomic E-state index is 13.7. The second kappa shape index (κ2) is 5.49. The highest BCUT2D eigenvalue weighted by molar-refractivity contribution is 5.75. The zero-order valence-electron chi connectivity index (χ0n) is 12.1. The SMILES string of the molecule is Fc1cccc2[nH]c(CN3CCCC3Cn3cncn3)nc12. The molecule has 0 amide bonds. The Bertz CT molecular complexity index is 766. The summed E-state index contributed by atoms with van der Waals surface area (Å²) in [4.78, 5) is 14.0. The molecule has 3 heterocycles. The van der Waals surface area contributed by atoms with Crippen molar-refractivity contribution in [3.8, 4) is 0 Å². The molecule has 2 aromatic heterocycles. The molecular formula is C15H17FN6. The first kappa shape index (κ1) is 13.4. The molecule has 1 aliphatic heterocycles. The number of benzene rings is 1. The summed E-state index contributed by atoms with van der Waals surface area (Å²) < 4.78 is 15.6. The summed E-state index contributed by atoms with van der Waals surface area (Å²) in [7, 11) is 0. The van der Waals surface area contributed by atoms with Crippen LogP contribution in [0.3, 0.4) is 0 Å². The number of rotatable bonds is 4.